The minimum atomic E-state index is -1.32. The first kappa shape index (κ1) is 33.2. The number of amides is 2. The van der Waals surface area contributed by atoms with E-state index in [-0.39, 0.29) is 5.95 Å². The number of nitrogens with zero attached hydrogens (tertiary/aromatic N) is 3. The van der Waals surface area contributed by atoms with Crippen LogP contribution in [0.1, 0.15) is 32.9 Å². The molecular weight excluding hydrogens is 586 g/mol. The SMILES string of the molecule is CC(C)(C)OC(=O)NCCC#Cc1cc(Nc2ncc(Cl)c(Nc3ccccc3NC(=O)OCC[Si](C)(C)C)n2)ccn1. The van der Waals surface area contributed by atoms with Gasteiger partial charge in [-0.25, -0.2) is 19.6 Å². The minimum Gasteiger partial charge on any atom is -0.450 e. The Labute approximate surface area is 258 Å². The predicted molar refractivity (Wildman–Crippen MR) is 173 cm³/mol. The number of pyridine rings is 1. The maximum absolute atomic E-state index is 12.4. The summed E-state index contributed by atoms with van der Waals surface area (Å²) in [7, 11) is -1.32. The van der Waals surface area contributed by atoms with Crippen LogP contribution in [0, 0.1) is 11.8 Å². The number of alkyl carbamates (subject to hydrolysis) is 1. The molecule has 0 aliphatic rings. The van der Waals surface area contributed by atoms with E-state index in [9.17, 15) is 9.59 Å². The Balaban J connectivity index is 1.61. The van der Waals surface area contributed by atoms with Gasteiger partial charge in [-0.3, -0.25) is 5.32 Å². The summed E-state index contributed by atoms with van der Waals surface area (Å²) in [5.74, 6) is 6.59. The lowest BCUT2D eigenvalue weighted by molar-refractivity contribution is 0.0529. The van der Waals surface area contributed by atoms with Crippen LogP contribution in [0.25, 0.3) is 0 Å². The van der Waals surface area contributed by atoms with Crippen molar-refractivity contribution in [3.63, 3.8) is 0 Å². The van der Waals surface area contributed by atoms with Gasteiger partial charge in [0, 0.05) is 32.9 Å². The Bertz CT molecular complexity index is 1480. The number of aromatic nitrogens is 3. The molecule has 0 aliphatic heterocycles. The van der Waals surface area contributed by atoms with E-state index in [0.717, 1.165) is 6.04 Å². The molecule has 0 unspecified atom stereocenters. The number of halogens is 1. The molecule has 13 heteroatoms. The number of hydrogen-bond donors (Lipinski definition) is 4. The largest absolute Gasteiger partial charge is 0.450 e. The summed E-state index contributed by atoms with van der Waals surface area (Å²) in [6.45, 7) is 12.8. The van der Waals surface area contributed by atoms with Crippen molar-refractivity contribution in [2.45, 2.75) is 58.5 Å². The first-order valence-corrected chi connectivity index (χ1v) is 17.9. The number of ether oxygens (including phenoxy) is 2. The van der Waals surface area contributed by atoms with Crippen LogP contribution in [0.15, 0.2) is 48.8 Å². The van der Waals surface area contributed by atoms with Gasteiger partial charge in [-0.05, 0) is 57.0 Å². The van der Waals surface area contributed by atoms with Crippen molar-refractivity contribution < 1.29 is 19.1 Å². The summed E-state index contributed by atoms with van der Waals surface area (Å²) in [6.07, 6.45) is 2.51. The van der Waals surface area contributed by atoms with Crippen LogP contribution in [0.5, 0.6) is 0 Å². The molecule has 0 radical (unpaired) electrons. The second kappa shape index (κ2) is 15.2. The lowest BCUT2D eigenvalue weighted by Gasteiger charge is -2.19. The van der Waals surface area contributed by atoms with Crippen LogP contribution >= 0.6 is 11.6 Å². The molecule has 2 heterocycles. The summed E-state index contributed by atoms with van der Waals surface area (Å²) >= 11 is 6.39. The highest BCUT2D eigenvalue weighted by Crippen LogP contribution is 2.29. The molecule has 2 amide bonds. The van der Waals surface area contributed by atoms with Crippen LogP contribution in [0.2, 0.25) is 30.7 Å². The van der Waals surface area contributed by atoms with Gasteiger partial charge in [0.25, 0.3) is 0 Å². The topological polar surface area (TPSA) is 139 Å². The van der Waals surface area contributed by atoms with Gasteiger partial charge in [-0.1, -0.05) is 49.3 Å². The fourth-order valence-electron chi connectivity index (χ4n) is 3.34. The van der Waals surface area contributed by atoms with E-state index >= 15 is 0 Å². The Morgan fingerprint density at radius 3 is 2.49 bits per heavy atom. The van der Waals surface area contributed by atoms with Gasteiger partial charge in [-0.15, -0.1) is 0 Å². The van der Waals surface area contributed by atoms with E-state index in [1.807, 2.05) is 6.07 Å². The highest BCUT2D eigenvalue weighted by Gasteiger charge is 2.16. The monoisotopic (exact) mass is 623 g/mol. The maximum atomic E-state index is 12.4. The Morgan fingerprint density at radius 2 is 1.77 bits per heavy atom. The standard InChI is InChI=1S/C30H38ClN7O4Si/c1-30(2,3)42-28(39)33-15-10-9-11-21-19-22(14-16-32-21)35-27-34-20-23(31)26(38-27)36-24-12-7-8-13-25(24)37-29(40)41-17-18-43(4,5)6/h7-8,12-14,16,19-20H,10,15,17-18H2,1-6H3,(H,33,39)(H,37,40)(H2,32,34,35,36,38). The van der Waals surface area contributed by atoms with E-state index in [4.69, 9.17) is 21.1 Å². The molecule has 0 saturated heterocycles. The number of benzene rings is 1. The number of rotatable bonds is 10. The second-order valence-electron chi connectivity index (χ2n) is 11.7. The lowest BCUT2D eigenvalue weighted by atomic mass is 10.2. The third kappa shape index (κ3) is 12.6. The summed E-state index contributed by atoms with van der Waals surface area (Å²) < 4.78 is 10.6. The fraction of sp³-hybridized carbons (Fsp3) is 0.367. The van der Waals surface area contributed by atoms with Crippen molar-refractivity contribution in [3.05, 3.63) is 59.5 Å². The Kier molecular flexibility index (Phi) is 11.7. The van der Waals surface area contributed by atoms with E-state index in [1.54, 1.807) is 57.3 Å². The molecule has 0 fully saturated rings. The first-order valence-electron chi connectivity index (χ1n) is 13.8. The van der Waals surface area contributed by atoms with Gasteiger partial charge in [0.15, 0.2) is 5.82 Å². The van der Waals surface area contributed by atoms with E-state index in [0.29, 0.717) is 53.2 Å². The molecule has 11 nitrogen and oxygen atoms in total. The summed E-state index contributed by atoms with van der Waals surface area (Å²) in [5.41, 5.74) is 1.75. The molecule has 0 spiro atoms. The molecule has 0 saturated carbocycles. The first-order chi connectivity index (χ1) is 20.3. The molecule has 3 rings (SSSR count). The molecule has 4 N–H and O–H groups in total. The van der Waals surface area contributed by atoms with Crippen molar-refractivity contribution in [2.75, 3.05) is 29.1 Å². The predicted octanol–water partition coefficient (Wildman–Crippen LogP) is 7.17. The van der Waals surface area contributed by atoms with Crippen molar-refractivity contribution in [1.82, 2.24) is 20.3 Å². The van der Waals surface area contributed by atoms with Crippen molar-refractivity contribution in [2.24, 2.45) is 0 Å². The van der Waals surface area contributed by atoms with Crippen LogP contribution in [-0.4, -0.2) is 54.0 Å². The molecular formula is C30H38ClN7O4Si. The molecule has 1 aromatic carbocycles. The highest BCUT2D eigenvalue weighted by molar-refractivity contribution is 6.76. The fourth-order valence-corrected chi connectivity index (χ4v) is 4.19. The molecule has 43 heavy (non-hydrogen) atoms. The minimum absolute atomic E-state index is 0.287. The quantitative estimate of drug-likeness (QED) is 0.105. The zero-order chi connectivity index (χ0) is 31.5. The average Bonchev–Trinajstić information content (AvgIpc) is 2.90. The zero-order valence-electron chi connectivity index (χ0n) is 25.3. The number of carbonyl (C=O) groups is 2. The van der Waals surface area contributed by atoms with Gasteiger partial charge >= 0.3 is 12.2 Å². The van der Waals surface area contributed by atoms with Gasteiger partial charge in [0.1, 0.15) is 16.3 Å². The Hall–Kier alpha value is -4.34. The third-order valence-electron chi connectivity index (χ3n) is 5.40. The molecule has 0 bridgehead atoms. The van der Waals surface area contributed by atoms with Crippen molar-refractivity contribution >= 4 is 60.7 Å². The van der Waals surface area contributed by atoms with Gasteiger partial charge < -0.3 is 25.4 Å². The molecule has 0 aliphatic carbocycles. The second-order valence-corrected chi connectivity index (χ2v) is 17.7. The van der Waals surface area contributed by atoms with Gasteiger partial charge in [0.05, 0.1) is 24.2 Å². The van der Waals surface area contributed by atoms with Gasteiger partial charge in [-0.2, -0.15) is 4.98 Å². The molecule has 2 aromatic heterocycles. The zero-order valence-corrected chi connectivity index (χ0v) is 27.1. The van der Waals surface area contributed by atoms with Crippen LogP contribution in [0.4, 0.5) is 38.4 Å². The van der Waals surface area contributed by atoms with Crippen LogP contribution in [0.3, 0.4) is 0 Å². The molecule has 228 valence electrons. The number of nitrogens with one attached hydrogen (secondary N) is 4. The number of para-hydroxylation sites is 2. The Morgan fingerprint density at radius 1 is 1.02 bits per heavy atom. The van der Waals surface area contributed by atoms with E-state index in [2.05, 4.69) is 67.7 Å². The van der Waals surface area contributed by atoms with Crippen molar-refractivity contribution in [3.8, 4) is 11.8 Å². The van der Waals surface area contributed by atoms with E-state index in [1.165, 1.54) is 6.20 Å². The van der Waals surface area contributed by atoms with Gasteiger partial charge in [0.2, 0.25) is 5.95 Å². The van der Waals surface area contributed by atoms with Crippen LogP contribution < -0.4 is 21.3 Å². The lowest BCUT2D eigenvalue weighted by Crippen LogP contribution is -2.32. The third-order valence-corrected chi connectivity index (χ3v) is 7.38. The number of anilines is 5. The molecule has 0 atom stereocenters. The van der Waals surface area contributed by atoms with E-state index < -0.39 is 25.9 Å². The van der Waals surface area contributed by atoms with Crippen LogP contribution in [-0.2, 0) is 9.47 Å². The average molecular weight is 624 g/mol. The normalized spacial score (nSPS) is 11.0. The summed E-state index contributed by atoms with van der Waals surface area (Å²) in [4.78, 5) is 37.2. The summed E-state index contributed by atoms with van der Waals surface area (Å²) in [5, 5.41) is 12.0. The maximum Gasteiger partial charge on any atom is 0.411 e. The van der Waals surface area contributed by atoms with Crippen molar-refractivity contribution in [1.29, 1.82) is 0 Å². The number of carbonyl (C=O) groups excluding carboxylic acids is 2. The highest BCUT2D eigenvalue weighted by atomic mass is 35.5. The smallest absolute Gasteiger partial charge is 0.411 e. The summed E-state index contributed by atoms with van der Waals surface area (Å²) in [6, 6.07) is 11.6. The number of hydrogen-bond acceptors (Lipinski definition) is 9. The molecule has 3 aromatic rings.